The van der Waals surface area contributed by atoms with Gasteiger partial charge in [0.2, 0.25) is 17.6 Å². The van der Waals surface area contributed by atoms with Crippen LogP contribution in [0.25, 0.3) is 11.0 Å². The molecule has 0 fully saturated rings. The first kappa shape index (κ1) is 86.8. The van der Waals surface area contributed by atoms with Gasteiger partial charge >= 0.3 is 17.3 Å². The van der Waals surface area contributed by atoms with Crippen LogP contribution in [0.2, 0.25) is 0 Å². The zero-order chi connectivity index (χ0) is 76.2. The van der Waals surface area contributed by atoms with Crippen LogP contribution >= 0.6 is 112 Å². The molecule has 0 saturated heterocycles. The fourth-order valence-corrected chi connectivity index (χ4v) is 10.7. The second-order valence-electron chi connectivity index (χ2n) is 20.4. The van der Waals surface area contributed by atoms with E-state index < -0.39 is 38.8 Å². The predicted molar refractivity (Wildman–Crippen MR) is 414 cm³/mol. The fraction of sp³-hybridized carbons (Fsp3) is 0.191. The summed E-state index contributed by atoms with van der Waals surface area (Å²) in [5.74, 6) is -1.61. The molecule has 0 aliphatic carbocycles. The third-order valence-electron chi connectivity index (χ3n) is 13.0. The summed E-state index contributed by atoms with van der Waals surface area (Å²) in [7, 11) is 0. The second kappa shape index (κ2) is 45.4. The number of aromatic carboxylic acids is 1. The Labute approximate surface area is 643 Å². The molecular formula is C68H61Br7F2N14O11. The molecule has 0 spiro atoms. The molecule has 0 radical (unpaired) electrons. The standard InChI is InChI=1S/C19H16BrN3O.C10H12BrN3.2C9H11BrN2O2.C8H5NO2.2C6H3BrFNO2.CBrN/c1-2-8-23-17-7-6-16(20)10-15(17)11-18(23)22-19(24)14-5-3-4-13(9-14)12-21;1-2-5-14-9-4-3-7(11)6-8(9)13-10(14)12;2*1-2-5-11-8-4-3-7(10)6-9(8)12(13)14;9-5-6-2-1-3-7(4-6)8(10)11;2*7-4-1-2-5(8)6(3-4)9(10)11;2-1-3/h3-7,9-10H,2,8,11H2,1H3;3-4,6H,2,5H2,1H3,(H2,12,13);2*3-4,6,11H,2,5H2,1H3;1-4H,(H,10,11);2*1-3H;. The number of nitrogens with one attached hydrogen (secondary N) is 2. The monoisotopic (exact) mass is 1840 g/mol. The number of carboxylic acid groups (broad SMARTS) is 1. The van der Waals surface area contributed by atoms with E-state index in [9.17, 15) is 58.8 Å². The molecule has 1 aliphatic rings. The van der Waals surface area contributed by atoms with Gasteiger partial charge in [0, 0.05) is 111 Å². The van der Waals surface area contributed by atoms with E-state index in [4.69, 9.17) is 26.6 Å². The van der Waals surface area contributed by atoms with Gasteiger partial charge in [-0.2, -0.15) is 29.6 Å². The molecule has 0 saturated carbocycles. The number of aromatic nitrogens is 2. The summed E-state index contributed by atoms with van der Waals surface area (Å²) < 4.78 is 31.6. The number of benzene rings is 8. The number of nitrogens with two attached hydrogens (primary N) is 1. The number of nitrogen functional groups attached to an aromatic ring is 1. The number of carbonyl (C=O) groups is 2. The number of aliphatic imine (C=N–C) groups is 1. The summed E-state index contributed by atoms with van der Waals surface area (Å²) in [5.41, 5.74) is 11.9. The molecule has 1 aliphatic heterocycles. The van der Waals surface area contributed by atoms with E-state index in [2.05, 4.69) is 163 Å². The van der Waals surface area contributed by atoms with Crippen molar-refractivity contribution in [2.45, 2.75) is 66.3 Å². The number of nitro benzene ring substituents is 4. The maximum atomic E-state index is 12.6. The lowest BCUT2D eigenvalue weighted by Crippen LogP contribution is -2.28. The third kappa shape index (κ3) is 28.9. The maximum Gasteiger partial charge on any atom is 0.335 e. The molecule has 1 aromatic heterocycles. The van der Waals surface area contributed by atoms with Crippen LogP contribution in [0.1, 0.15) is 90.8 Å². The lowest BCUT2D eigenvalue weighted by atomic mass is 10.1. The summed E-state index contributed by atoms with van der Waals surface area (Å²) >= 11 is 21.7. The van der Waals surface area contributed by atoms with Gasteiger partial charge in [-0.25, -0.2) is 9.78 Å². The smallest absolute Gasteiger partial charge is 0.335 e. The summed E-state index contributed by atoms with van der Waals surface area (Å²) in [4.78, 5) is 74.5. The Morgan fingerprint density at radius 2 is 0.971 bits per heavy atom. The molecule has 8 aromatic carbocycles. The van der Waals surface area contributed by atoms with Crippen LogP contribution in [0.5, 0.6) is 0 Å². The number of imidazole rings is 1. The van der Waals surface area contributed by atoms with Gasteiger partial charge in [-0.3, -0.25) is 45.3 Å². The average molecular weight is 1850 g/mol. The molecule has 34 heteroatoms. The zero-order valence-corrected chi connectivity index (χ0v) is 65.4. The summed E-state index contributed by atoms with van der Waals surface area (Å²) in [6.07, 6.45) is 4.54. The SMILES string of the molecule is CCCN1C(=NC(=O)c2cccc(C#N)c2)Cc2cc(Br)ccc21.CCCNc1ccc(Br)cc1[N+](=O)[O-].CCCNc1ccc(Br)cc1[N+](=O)[O-].CCCn1c(N)nc2cc(Br)ccc21.N#CBr.N#Cc1cccc(C(=O)O)c1.O=[N+]([O-])c1cc(Br)ccc1F.O=[N+]([O-])c1cc(Br)ccc1F. The van der Waals surface area contributed by atoms with Gasteiger partial charge in [0.1, 0.15) is 22.2 Å². The zero-order valence-electron chi connectivity index (χ0n) is 54.3. The molecule has 0 unspecified atom stereocenters. The molecule has 2 heterocycles. The molecular weight excluding hydrogens is 1790 g/mol. The van der Waals surface area contributed by atoms with Crippen molar-refractivity contribution in [2.24, 2.45) is 4.99 Å². The Balaban J connectivity index is 0.000000313. The third-order valence-corrected chi connectivity index (χ3v) is 15.9. The molecule has 5 N–H and O–H groups in total. The van der Waals surface area contributed by atoms with Gasteiger partial charge in [-0.15, -0.1) is 0 Å². The minimum absolute atomic E-state index is 0.104. The van der Waals surface area contributed by atoms with Crippen LogP contribution in [0, 0.1) is 85.0 Å². The van der Waals surface area contributed by atoms with E-state index in [1.807, 2.05) is 54.8 Å². The molecule has 102 heavy (non-hydrogen) atoms. The lowest BCUT2D eigenvalue weighted by molar-refractivity contribution is -0.387. The van der Waals surface area contributed by atoms with Crippen molar-refractivity contribution in [3.8, 4) is 17.1 Å². The van der Waals surface area contributed by atoms with E-state index in [1.54, 1.807) is 65.6 Å². The number of carboxylic acids is 1. The number of hydrogen-bond donors (Lipinski definition) is 4. The number of amides is 1. The Kier molecular flexibility index (Phi) is 38.6. The number of nitriles is 3. The van der Waals surface area contributed by atoms with Crippen molar-refractivity contribution in [1.82, 2.24) is 9.55 Å². The minimum atomic E-state index is -1.01. The van der Waals surface area contributed by atoms with Crippen LogP contribution in [0.3, 0.4) is 0 Å². The van der Waals surface area contributed by atoms with E-state index in [-0.39, 0.29) is 32.7 Å². The van der Waals surface area contributed by atoms with Gasteiger partial charge in [0.05, 0.1) is 59.6 Å². The number of anilines is 4. The van der Waals surface area contributed by atoms with Crippen molar-refractivity contribution in [3.05, 3.63) is 264 Å². The Hall–Kier alpha value is -9.47. The topological polar surface area (TPSA) is 382 Å². The number of aryl methyl sites for hydroxylation is 1. The number of halogens is 9. The quantitative estimate of drug-likeness (QED) is 0.0515. The molecule has 1 amide bonds. The number of nitrogens with zero attached hydrogens (tertiary/aromatic N) is 11. The molecule has 10 rings (SSSR count). The normalized spacial score (nSPS) is 10.7. The number of carbonyl (C=O) groups excluding carboxylic acids is 1. The van der Waals surface area contributed by atoms with Gasteiger partial charge in [0.25, 0.3) is 17.3 Å². The Morgan fingerprint density at radius 1 is 0.569 bits per heavy atom. The summed E-state index contributed by atoms with van der Waals surface area (Å²) in [5, 5.41) is 80.7. The van der Waals surface area contributed by atoms with E-state index in [0.717, 1.165) is 113 Å². The first-order chi connectivity index (χ1) is 48.5. The number of amidine groups is 1. The van der Waals surface area contributed by atoms with Crippen LogP contribution in [-0.4, -0.2) is 71.7 Å². The van der Waals surface area contributed by atoms with Crippen molar-refractivity contribution < 1.29 is 43.2 Å². The molecule has 0 bridgehead atoms. The van der Waals surface area contributed by atoms with E-state index in [1.165, 1.54) is 36.4 Å². The highest BCUT2D eigenvalue weighted by molar-refractivity contribution is 9.12. The van der Waals surface area contributed by atoms with Gasteiger partial charge in [0.15, 0.2) is 0 Å². The molecule has 532 valence electrons. The largest absolute Gasteiger partial charge is 0.478 e. The average Bonchev–Trinajstić information content (AvgIpc) is 1.66. The van der Waals surface area contributed by atoms with Crippen LogP contribution in [-0.2, 0) is 13.0 Å². The Bertz CT molecular complexity index is 4460. The summed E-state index contributed by atoms with van der Waals surface area (Å²) in [6, 6.07) is 45.7. The molecule has 25 nitrogen and oxygen atoms in total. The van der Waals surface area contributed by atoms with Crippen molar-refractivity contribution in [3.63, 3.8) is 0 Å². The van der Waals surface area contributed by atoms with Crippen LogP contribution < -0.4 is 21.3 Å². The summed E-state index contributed by atoms with van der Waals surface area (Å²) in [6.45, 7) is 11.5. The van der Waals surface area contributed by atoms with E-state index in [0.29, 0.717) is 58.3 Å². The van der Waals surface area contributed by atoms with Crippen molar-refractivity contribution in [2.75, 3.05) is 40.9 Å². The Morgan fingerprint density at radius 3 is 1.39 bits per heavy atom. The lowest BCUT2D eigenvalue weighted by Gasteiger charge is -2.19. The first-order valence-corrected chi connectivity index (χ1v) is 35.4. The highest BCUT2D eigenvalue weighted by Gasteiger charge is 2.26. The van der Waals surface area contributed by atoms with Gasteiger partial charge in [-0.1, -0.05) is 135 Å². The van der Waals surface area contributed by atoms with Crippen molar-refractivity contribution in [1.29, 1.82) is 15.8 Å². The molecule has 0 atom stereocenters. The highest BCUT2D eigenvalue weighted by Crippen LogP contribution is 2.34. The number of fused-ring (bicyclic) bond motifs is 2. The predicted octanol–water partition coefficient (Wildman–Crippen LogP) is 20.6. The van der Waals surface area contributed by atoms with Crippen LogP contribution in [0.15, 0.2) is 190 Å². The molecule has 9 aromatic rings. The number of hydrogen-bond acceptors (Lipinski definition) is 17. The van der Waals surface area contributed by atoms with Crippen LogP contribution in [0.4, 0.5) is 54.5 Å². The van der Waals surface area contributed by atoms with Gasteiger partial charge < -0.3 is 30.9 Å². The number of nitro groups is 4. The first-order valence-electron chi connectivity index (χ1n) is 29.9. The highest BCUT2D eigenvalue weighted by atomic mass is 79.9. The van der Waals surface area contributed by atoms with E-state index >= 15 is 0 Å². The van der Waals surface area contributed by atoms with Crippen molar-refractivity contribution >= 4 is 186 Å². The van der Waals surface area contributed by atoms with Gasteiger partial charge in [-0.05, 0) is 153 Å². The maximum absolute atomic E-state index is 12.6. The minimum Gasteiger partial charge on any atom is -0.478 e. The number of rotatable bonds is 16. The fourth-order valence-electron chi connectivity index (χ4n) is 8.52. The second-order valence-corrected chi connectivity index (χ2v) is 26.2.